The average molecular weight is 360 g/mol. The van der Waals surface area contributed by atoms with Gasteiger partial charge in [0.15, 0.2) is 11.6 Å². The number of carbonyl (C=O) groups is 1. The highest BCUT2D eigenvalue weighted by Gasteiger charge is 2.35. The quantitative estimate of drug-likeness (QED) is 0.861. The van der Waals surface area contributed by atoms with E-state index in [1.165, 1.54) is 6.20 Å². The maximum atomic E-state index is 14.8. The van der Waals surface area contributed by atoms with Crippen molar-refractivity contribution in [3.8, 4) is 0 Å². The second kappa shape index (κ2) is 5.77. The van der Waals surface area contributed by atoms with Gasteiger partial charge in [0, 0.05) is 25.3 Å². The zero-order valence-electron chi connectivity index (χ0n) is 14.5. The SMILES string of the molecule is CC1(CN)CCN(c2nc3c(cc2F)c(=O)c(C(=O)O)cn3C2CC2)C1. The van der Waals surface area contributed by atoms with Gasteiger partial charge >= 0.3 is 5.97 Å². The Morgan fingerprint density at radius 2 is 2.23 bits per heavy atom. The molecule has 8 heteroatoms. The molecule has 4 rings (SSSR count). The Kier molecular flexibility index (Phi) is 3.76. The molecule has 1 aliphatic carbocycles. The molecule has 138 valence electrons. The molecule has 26 heavy (non-hydrogen) atoms. The summed E-state index contributed by atoms with van der Waals surface area (Å²) in [5.74, 6) is -1.72. The first kappa shape index (κ1) is 17.0. The molecule has 1 aliphatic heterocycles. The standard InChI is InChI=1S/C18H21FN4O3/c1-18(8-20)4-5-22(9-18)16-13(19)6-11-14(24)12(17(25)26)7-23(10-2-3-10)15(11)21-16/h6-7,10H,2-5,8-9,20H2,1H3,(H,25,26). The number of hydrogen-bond donors (Lipinski definition) is 2. The van der Waals surface area contributed by atoms with E-state index in [1.807, 2.05) is 4.90 Å². The van der Waals surface area contributed by atoms with Crippen molar-refractivity contribution in [2.45, 2.75) is 32.2 Å². The van der Waals surface area contributed by atoms with Crippen molar-refractivity contribution in [2.24, 2.45) is 11.1 Å². The molecule has 0 radical (unpaired) electrons. The molecule has 0 spiro atoms. The first-order chi connectivity index (χ1) is 12.3. The number of nitrogens with two attached hydrogens (primary N) is 1. The Hall–Kier alpha value is -2.48. The van der Waals surface area contributed by atoms with Crippen LogP contribution in [0.5, 0.6) is 0 Å². The summed E-state index contributed by atoms with van der Waals surface area (Å²) in [6, 6.07) is 1.23. The highest BCUT2D eigenvalue weighted by molar-refractivity contribution is 5.92. The molecular formula is C18H21FN4O3. The van der Waals surface area contributed by atoms with Crippen LogP contribution >= 0.6 is 0 Å². The van der Waals surface area contributed by atoms with E-state index >= 15 is 0 Å². The molecule has 7 nitrogen and oxygen atoms in total. The molecule has 1 atom stereocenters. The van der Waals surface area contributed by atoms with Gasteiger partial charge in [-0.05, 0) is 37.3 Å². The second-order valence-electron chi connectivity index (χ2n) is 7.67. The molecule has 3 N–H and O–H groups in total. The van der Waals surface area contributed by atoms with Gasteiger partial charge in [0.25, 0.3) is 0 Å². The number of anilines is 1. The fourth-order valence-corrected chi connectivity index (χ4v) is 3.61. The minimum atomic E-state index is -1.31. The maximum absolute atomic E-state index is 14.8. The van der Waals surface area contributed by atoms with Gasteiger partial charge in [-0.25, -0.2) is 14.2 Å². The van der Waals surface area contributed by atoms with Crippen LogP contribution in [0.1, 0.15) is 42.6 Å². The van der Waals surface area contributed by atoms with Crippen LogP contribution in [-0.2, 0) is 0 Å². The van der Waals surface area contributed by atoms with Crippen LogP contribution in [0.4, 0.5) is 10.2 Å². The summed E-state index contributed by atoms with van der Waals surface area (Å²) in [6.07, 6.45) is 3.96. The lowest BCUT2D eigenvalue weighted by Gasteiger charge is -2.24. The number of carboxylic acids is 1. The van der Waals surface area contributed by atoms with Crippen molar-refractivity contribution in [3.63, 3.8) is 0 Å². The molecule has 0 bridgehead atoms. The van der Waals surface area contributed by atoms with Crippen molar-refractivity contribution < 1.29 is 14.3 Å². The van der Waals surface area contributed by atoms with Crippen molar-refractivity contribution in [3.05, 3.63) is 33.9 Å². The highest BCUT2D eigenvalue weighted by Crippen LogP contribution is 2.38. The molecule has 1 unspecified atom stereocenters. The van der Waals surface area contributed by atoms with Gasteiger partial charge in [-0.15, -0.1) is 0 Å². The molecule has 0 aromatic carbocycles. The lowest BCUT2D eigenvalue weighted by Crippen LogP contribution is -2.32. The van der Waals surface area contributed by atoms with Gasteiger partial charge in [-0.2, -0.15) is 0 Å². The van der Waals surface area contributed by atoms with E-state index in [-0.39, 0.29) is 28.2 Å². The van der Waals surface area contributed by atoms with Gasteiger partial charge in [0.2, 0.25) is 5.43 Å². The summed E-state index contributed by atoms with van der Waals surface area (Å²) in [4.78, 5) is 30.2. The average Bonchev–Trinajstić information content (AvgIpc) is 3.37. The topological polar surface area (TPSA) is 101 Å². The van der Waals surface area contributed by atoms with Crippen molar-refractivity contribution in [1.82, 2.24) is 9.55 Å². The number of pyridine rings is 2. The molecule has 1 saturated heterocycles. The lowest BCUT2D eigenvalue weighted by atomic mass is 9.90. The third-order valence-corrected chi connectivity index (χ3v) is 5.46. The number of aromatic nitrogens is 2. The molecule has 0 amide bonds. The van der Waals surface area contributed by atoms with Crippen LogP contribution in [0.25, 0.3) is 11.0 Å². The van der Waals surface area contributed by atoms with Crippen molar-refractivity contribution >= 4 is 22.8 Å². The number of hydrogen-bond acceptors (Lipinski definition) is 5. The molecule has 1 saturated carbocycles. The molecule has 2 aliphatic rings. The van der Waals surface area contributed by atoms with E-state index in [0.717, 1.165) is 25.3 Å². The van der Waals surface area contributed by atoms with Crippen LogP contribution in [0, 0.1) is 11.2 Å². The highest BCUT2D eigenvalue weighted by atomic mass is 19.1. The lowest BCUT2D eigenvalue weighted by molar-refractivity contribution is 0.0695. The van der Waals surface area contributed by atoms with Crippen LogP contribution in [0.15, 0.2) is 17.1 Å². The Labute approximate surface area is 149 Å². The molecular weight excluding hydrogens is 339 g/mol. The number of fused-ring (bicyclic) bond motifs is 1. The molecule has 2 aromatic rings. The van der Waals surface area contributed by atoms with Gasteiger partial charge in [0.05, 0.1) is 5.39 Å². The Morgan fingerprint density at radius 1 is 1.50 bits per heavy atom. The first-order valence-electron chi connectivity index (χ1n) is 8.77. The fourth-order valence-electron chi connectivity index (χ4n) is 3.61. The predicted octanol–water partition coefficient (Wildman–Crippen LogP) is 1.74. The van der Waals surface area contributed by atoms with E-state index in [0.29, 0.717) is 25.3 Å². The number of rotatable bonds is 4. The Balaban J connectivity index is 1.89. The summed E-state index contributed by atoms with van der Waals surface area (Å²) >= 11 is 0. The van der Waals surface area contributed by atoms with Crippen LogP contribution in [-0.4, -0.2) is 40.3 Å². The van der Waals surface area contributed by atoms with E-state index in [4.69, 9.17) is 5.73 Å². The zero-order valence-corrected chi connectivity index (χ0v) is 14.5. The van der Waals surface area contributed by atoms with Crippen LogP contribution in [0.3, 0.4) is 0 Å². The van der Waals surface area contributed by atoms with Gasteiger partial charge in [-0.3, -0.25) is 4.79 Å². The zero-order chi connectivity index (χ0) is 18.6. The number of aromatic carboxylic acids is 1. The van der Waals surface area contributed by atoms with Gasteiger partial charge in [0.1, 0.15) is 11.2 Å². The molecule has 2 aromatic heterocycles. The summed E-state index contributed by atoms with van der Waals surface area (Å²) in [5, 5.41) is 9.30. The monoisotopic (exact) mass is 360 g/mol. The Morgan fingerprint density at radius 3 is 2.81 bits per heavy atom. The van der Waals surface area contributed by atoms with E-state index in [2.05, 4.69) is 11.9 Å². The Bertz CT molecular complexity index is 969. The van der Waals surface area contributed by atoms with E-state index in [1.54, 1.807) is 4.57 Å². The summed E-state index contributed by atoms with van der Waals surface area (Å²) in [7, 11) is 0. The van der Waals surface area contributed by atoms with Crippen LogP contribution in [0.2, 0.25) is 0 Å². The largest absolute Gasteiger partial charge is 0.477 e. The summed E-state index contributed by atoms with van der Waals surface area (Å²) in [6.45, 7) is 3.81. The first-order valence-corrected chi connectivity index (χ1v) is 8.77. The second-order valence-corrected chi connectivity index (χ2v) is 7.67. The van der Waals surface area contributed by atoms with Gasteiger partial charge in [-0.1, -0.05) is 6.92 Å². The minimum absolute atomic E-state index is 0.0128. The van der Waals surface area contributed by atoms with Crippen molar-refractivity contribution in [2.75, 3.05) is 24.5 Å². The third-order valence-electron chi connectivity index (χ3n) is 5.46. The number of halogens is 1. The number of nitrogens with zero attached hydrogens (tertiary/aromatic N) is 3. The van der Waals surface area contributed by atoms with E-state index < -0.39 is 17.2 Å². The smallest absolute Gasteiger partial charge is 0.341 e. The predicted molar refractivity (Wildman–Crippen MR) is 95.2 cm³/mol. The normalized spacial score (nSPS) is 23.0. The molecule has 2 fully saturated rings. The van der Waals surface area contributed by atoms with E-state index in [9.17, 15) is 19.1 Å². The van der Waals surface area contributed by atoms with Crippen LogP contribution < -0.4 is 16.1 Å². The molecule has 3 heterocycles. The van der Waals surface area contributed by atoms with Gasteiger partial charge < -0.3 is 20.3 Å². The van der Waals surface area contributed by atoms with Crippen molar-refractivity contribution in [1.29, 1.82) is 0 Å². The minimum Gasteiger partial charge on any atom is -0.477 e. The fraction of sp³-hybridized carbons (Fsp3) is 0.500. The summed E-state index contributed by atoms with van der Waals surface area (Å²) < 4.78 is 16.5. The summed E-state index contributed by atoms with van der Waals surface area (Å²) in [5.41, 5.74) is 5.04. The number of carboxylic acid groups (broad SMARTS) is 1. The third kappa shape index (κ3) is 2.65. The maximum Gasteiger partial charge on any atom is 0.341 e.